The van der Waals surface area contributed by atoms with E-state index in [0.717, 1.165) is 89.5 Å². The molecule has 12 rings (SSSR count). The summed E-state index contributed by atoms with van der Waals surface area (Å²) < 4.78 is 6.15. The van der Waals surface area contributed by atoms with E-state index in [0.29, 0.717) is 5.69 Å². The van der Waals surface area contributed by atoms with Gasteiger partial charge in [-0.3, -0.25) is 0 Å². The van der Waals surface area contributed by atoms with E-state index in [1.165, 1.54) is 15.3 Å². The van der Waals surface area contributed by atoms with Crippen LogP contribution in [-0.2, 0) is 0 Å². The van der Waals surface area contributed by atoms with E-state index in [-0.39, 0.29) is 0 Å². The number of para-hydroxylation sites is 4. The fraction of sp³-hybridized carbons (Fsp3) is 0. The van der Waals surface area contributed by atoms with E-state index in [4.69, 9.17) is 6.57 Å². The Bertz CT molecular complexity index is 3640. The number of hydrogen-bond acceptors (Lipinski definition) is 3. The SMILES string of the molecule is [C-]#[N+]c1ccc(N(c2ccc(-c3ccc(N(c4cc[n+](C#N)cc4)c4ccc5c(c4)c4ccccc4n5-c4ccccc4)cc3)cc2)c2ccc3c(c2)c2ccccc2n3-c2ccccc2)cc1. The summed E-state index contributed by atoms with van der Waals surface area (Å²) in [5.41, 5.74) is 15.5. The fourth-order valence-electron chi connectivity index (χ4n) is 9.72. The minimum absolute atomic E-state index is 0.599. The van der Waals surface area contributed by atoms with Crippen molar-refractivity contribution in [1.29, 1.82) is 5.26 Å². The maximum absolute atomic E-state index is 9.63. The van der Waals surface area contributed by atoms with Crippen molar-refractivity contribution < 1.29 is 4.57 Å². The average molecular weight is 871 g/mol. The van der Waals surface area contributed by atoms with E-state index in [1.807, 2.05) is 48.5 Å². The molecule has 0 bridgehead atoms. The van der Waals surface area contributed by atoms with Gasteiger partial charge >= 0.3 is 6.19 Å². The van der Waals surface area contributed by atoms with Crippen LogP contribution in [0.25, 0.3) is 71.0 Å². The zero-order valence-corrected chi connectivity index (χ0v) is 36.7. The van der Waals surface area contributed by atoms with E-state index >= 15 is 0 Å². The Morgan fingerprint density at radius 3 is 1.18 bits per heavy atom. The van der Waals surface area contributed by atoms with Gasteiger partial charge in [0.05, 0.1) is 34.3 Å². The van der Waals surface area contributed by atoms with Crippen molar-refractivity contribution in [1.82, 2.24) is 9.13 Å². The van der Waals surface area contributed by atoms with Crippen LogP contribution in [0.2, 0.25) is 0 Å². The van der Waals surface area contributed by atoms with Crippen molar-refractivity contribution >= 4 is 83.4 Å². The third kappa shape index (κ3) is 6.87. The monoisotopic (exact) mass is 870 g/mol. The Morgan fingerprint density at radius 1 is 0.382 bits per heavy atom. The molecule has 3 aromatic heterocycles. The maximum Gasteiger partial charge on any atom is 0.463 e. The van der Waals surface area contributed by atoms with Crippen LogP contribution in [0, 0.1) is 18.0 Å². The normalized spacial score (nSPS) is 11.2. The lowest BCUT2D eigenvalue weighted by molar-refractivity contribution is -0.586. The van der Waals surface area contributed by atoms with Gasteiger partial charge in [-0.25, -0.2) is 4.85 Å². The molecule has 0 aliphatic carbocycles. The van der Waals surface area contributed by atoms with Gasteiger partial charge in [0, 0.05) is 73.5 Å². The first-order valence-electron chi connectivity index (χ1n) is 22.5. The number of hydrogen-bond donors (Lipinski definition) is 0. The van der Waals surface area contributed by atoms with Crippen molar-refractivity contribution in [2.24, 2.45) is 0 Å². The molecule has 0 saturated carbocycles. The van der Waals surface area contributed by atoms with E-state index in [1.54, 1.807) is 12.4 Å². The van der Waals surface area contributed by atoms with Crippen LogP contribution in [0.3, 0.4) is 0 Å². The Hall–Kier alpha value is -9.69. The molecule has 0 radical (unpaired) electrons. The Morgan fingerprint density at radius 2 is 0.750 bits per heavy atom. The molecule has 318 valence electrons. The van der Waals surface area contributed by atoms with E-state index < -0.39 is 0 Å². The van der Waals surface area contributed by atoms with Crippen LogP contribution < -0.4 is 14.4 Å². The standard InChI is InChI=1S/C61H40N7/c1-63-45-24-30-50(31-25-45)65(52-32-34-60-56(40-52)54-16-8-10-18-58(54)67(60)46-12-4-2-5-13-46)48-26-20-43(21-27-48)44-22-28-49(29-23-44)66(51-36-38-64(42-62)39-37-51)53-33-35-61-57(41-53)55-17-9-11-19-59(55)68(61)47-14-6-3-7-15-47/h2-41H/q+1. The molecule has 3 heterocycles. The lowest BCUT2D eigenvalue weighted by atomic mass is 10.0. The molecule has 68 heavy (non-hydrogen) atoms. The topological polar surface area (TPSA) is 48.4 Å². The molecule has 12 aromatic rings. The average Bonchev–Trinajstić information content (AvgIpc) is 3.92. The van der Waals surface area contributed by atoms with Gasteiger partial charge in [-0.15, -0.1) is 4.57 Å². The summed E-state index contributed by atoms with van der Waals surface area (Å²) in [5.74, 6) is 0. The number of nitrogens with zero attached hydrogens (tertiary/aromatic N) is 7. The summed E-state index contributed by atoms with van der Waals surface area (Å²) in [6.45, 7) is 7.61. The molecular formula is C61H40N7+. The highest BCUT2D eigenvalue weighted by molar-refractivity contribution is 6.12. The molecule has 7 nitrogen and oxygen atoms in total. The molecule has 0 atom stereocenters. The van der Waals surface area contributed by atoms with Crippen LogP contribution in [0.1, 0.15) is 0 Å². The smallest absolute Gasteiger partial charge is 0.311 e. The molecule has 0 aliphatic heterocycles. The molecule has 0 unspecified atom stereocenters. The third-order valence-corrected chi connectivity index (χ3v) is 12.9. The first-order valence-corrected chi connectivity index (χ1v) is 22.5. The van der Waals surface area contributed by atoms with Gasteiger partial charge < -0.3 is 18.9 Å². The van der Waals surface area contributed by atoms with Gasteiger partial charge in [0.2, 0.25) is 0 Å². The van der Waals surface area contributed by atoms with E-state index in [9.17, 15) is 5.26 Å². The van der Waals surface area contributed by atoms with Crippen molar-refractivity contribution in [3.8, 4) is 28.7 Å². The number of benzene rings is 9. The summed E-state index contributed by atoms with van der Waals surface area (Å²) in [6.07, 6.45) is 5.78. The molecule has 0 amide bonds. The highest BCUT2D eigenvalue weighted by Gasteiger charge is 2.20. The summed E-state index contributed by atoms with van der Waals surface area (Å²) in [7, 11) is 0. The highest BCUT2D eigenvalue weighted by Crippen LogP contribution is 2.43. The minimum Gasteiger partial charge on any atom is -0.311 e. The van der Waals surface area contributed by atoms with Crippen LogP contribution in [0.5, 0.6) is 0 Å². The largest absolute Gasteiger partial charge is 0.463 e. The van der Waals surface area contributed by atoms with E-state index in [2.05, 4.69) is 212 Å². The van der Waals surface area contributed by atoms with Crippen molar-refractivity contribution in [3.05, 3.63) is 254 Å². The van der Waals surface area contributed by atoms with Crippen molar-refractivity contribution in [2.75, 3.05) is 9.80 Å². The molecular weight excluding hydrogens is 831 g/mol. The highest BCUT2D eigenvalue weighted by atomic mass is 15.2. The Labute approximate surface area is 393 Å². The van der Waals surface area contributed by atoms with Gasteiger partial charge in [0.15, 0.2) is 10.9 Å². The quantitative estimate of drug-likeness (QED) is 0.107. The first kappa shape index (κ1) is 39.9. The van der Waals surface area contributed by atoms with Gasteiger partial charge in [0.1, 0.15) is 12.4 Å². The number of nitriles is 1. The summed E-state index contributed by atoms with van der Waals surface area (Å²) in [5, 5.41) is 14.3. The Balaban J connectivity index is 0.917. The van der Waals surface area contributed by atoms with Gasteiger partial charge in [-0.05, 0) is 120 Å². The maximum atomic E-state index is 9.63. The third-order valence-electron chi connectivity index (χ3n) is 12.9. The molecule has 0 saturated heterocycles. The van der Waals surface area contributed by atoms with Crippen LogP contribution >= 0.6 is 0 Å². The summed E-state index contributed by atoms with van der Waals surface area (Å²) in [6, 6.07) is 80.6. The molecule has 0 N–H and O–H groups in total. The second-order valence-electron chi connectivity index (χ2n) is 16.7. The fourth-order valence-corrected chi connectivity index (χ4v) is 9.72. The second kappa shape index (κ2) is 16.7. The number of fused-ring (bicyclic) bond motifs is 6. The Kier molecular flexibility index (Phi) is 9.79. The number of anilines is 6. The zero-order valence-electron chi connectivity index (χ0n) is 36.7. The molecule has 0 aliphatic rings. The van der Waals surface area contributed by atoms with Crippen LogP contribution in [-0.4, -0.2) is 9.13 Å². The van der Waals surface area contributed by atoms with Crippen LogP contribution in [0.15, 0.2) is 243 Å². The van der Waals surface area contributed by atoms with Gasteiger partial charge in [-0.2, -0.15) is 0 Å². The number of rotatable bonds is 9. The molecule has 7 heteroatoms. The van der Waals surface area contributed by atoms with Crippen molar-refractivity contribution in [3.63, 3.8) is 0 Å². The first-order chi connectivity index (χ1) is 33.6. The summed E-state index contributed by atoms with van der Waals surface area (Å²) >= 11 is 0. The van der Waals surface area contributed by atoms with Gasteiger partial charge in [-0.1, -0.05) is 109 Å². The van der Waals surface area contributed by atoms with Gasteiger partial charge in [0.25, 0.3) is 0 Å². The molecule has 9 aromatic carbocycles. The van der Waals surface area contributed by atoms with Crippen molar-refractivity contribution in [2.45, 2.75) is 0 Å². The number of pyridine rings is 1. The lowest BCUT2D eigenvalue weighted by Crippen LogP contribution is -2.26. The molecule has 0 fully saturated rings. The summed E-state index contributed by atoms with van der Waals surface area (Å²) in [4.78, 5) is 8.18. The van der Waals surface area contributed by atoms with Crippen LogP contribution in [0.4, 0.5) is 39.8 Å². The predicted octanol–water partition coefficient (Wildman–Crippen LogP) is 15.7. The second-order valence-corrected chi connectivity index (χ2v) is 16.7. The number of aromatic nitrogens is 3. The lowest BCUT2D eigenvalue weighted by Gasteiger charge is -2.26. The predicted molar refractivity (Wildman–Crippen MR) is 277 cm³/mol. The molecule has 0 spiro atoms. The minimum atomic E-state index is 0.599. The zero-order chi connectivity index (χ0) is 45.6.